The van der Waals surface area contributed by atoms with Gasteiger partial charge in [0.1, 0.15) is 5.82 Å². The lowest BCUT2D eigenvalue weighted by molar-refractivity contribution is -0.137. The fourth-order valence-electron chi connectivity index (χ4n) is 3.25. The number of aromatic nitrogens is 1. The molecule has 0 amide bonds. The van der Waals surface area contributed by atoms with Gasteiger partial charge >= 0.3 is 6.18 Å². The summed E-state index contributed by atoms with van der Waals surface area (Å²) in [6.45, 7) is 7.12. The summed E-state index contributed by atoms with van der Waals surface area (Å²) < 4.78 is 39.0. The molecule has 0 spiro atoms. The van der Waals surface area contributed by atoms with Gasteiger partial charge in [0.2, 0.25) is 0 Å². The fourth-order valence-corrected chi connectivity index (χ4v) is 3.25. The van der Waals surface area contributed by atoms with Gasteiger partial charge in [-0.3, -0.25) is 0 Å². The number of anilines is 1. The van der Waals surface area contributed by atoms with E-state index in [0.29, 0.717) is 42.1 Å². The van der Waals surface area contributed by atoms with Gasteiger partial charge in [-0.1, -0.05) is 32.0 Å². The standard InChI is InChI=1S/C20H22F3N2O/c1-13(2)12-25-10-9-19(3,26)16-7-8-17(24-18(16)25)14-5-4-6-15(11-14)20(21,22)23/h4-8,11,26H,9-10,12H2,1-3H3. The molecule has 1 radical (unpaired) electrons. The zero-order valence-electron chi connectivity index (χ0n) is 15.1. The summed E-state index contributed by atoms with van der Waals surface area (Å²) in [6, 6.07) is 8.61. The van der Waals surface area contributed by atoms with Gasteiger partial charge in [-0.25, -0.2) is 4.98 Å². The van der Waals surface area contributed by atoms with Crippen molar-refractivity contribution in [3.63, 3.8) is 0 Å². The molecule has 1 aliphatic rings. The number of alkyl halides is 3. The number of nitrogens with zero attached hydrogens (tertiary/aromatic N) is 2. The van der Waals surface area contributed by atoms with Crippen LogP contribution in [0.15, 0.2) is 36.4 Å². The summed E-state index contributed by atoms with van der Waals surface area (Å²) in [6.07, 6.45) is -3.81. The van der Waals surface area contributed by atoms with E-state index in [1.807, 2.05) is 13.8 Å². The molecule has 2 aromatic rings. The maximum Gasteiger partial charge on any atom is 0.416 e. The third kappa shape index (κ3) is 3.70. The van der Waals surface area contributed by atoms with E-state index in [1.165, 1.54) is 12.0 Å². The minimum atomic E-state index is -4.39. The molecule has 2 heterocycles. The summed E-state index contributed by atoms with van der Waals surface area (Å²) >= 11 is 0. The molecule has 1 unspecified atom stereocenters. The van der Waals surface area contributed by atoms with Crippen LogP contribution in [0.25, 0.3) is 11.3 Å². The van der Waals surface area contributed by atoms with Crippen LogP contribution in [-0.2, 0) is 11.8 Å². The Morgan fingerprint density at radius 3 is 2.62 bits per heavy atom. The molecule has 3 nitrogen and oxygen atoms in total. The second-order valence-corrected chi connectivity index (χ2v) is 7.30. The van der Waals surface area contributed by atoms with E-state index >= 15 is 0 Å². The number of fused-ring (bicyclic) bond motifs is 1. The monoisotopic (exact) mass is 363 g/mol. The first kappa shape index (κ1) is 18.7. The Labute approximate surface area is 151 Å². The van der Waals surface area contributed by atoms with Crippen LogP contribution in [0.4, 0.5) is 19.0 Å². The average molecular weight is 363 g/mol. The zero-order chi connectivity index (χ0) is 19.1. The molecule has 3 rings (SSSR count). The third-order valence-corrected chi connectivity index (χ3v) is 4.62. The molecule has 1 atom stereocenters. The second-order valence-electron chi connectivity index (χ2n) is 7.30. The number of benzene rings is 1. The Balaban J connectivity index is 2.06. The van der Waals surface area contributed by atoms with Gasteiger partial charge < -0.3 is 10.0 Å². The smallest absolute Gasteiger partial charge is 0.385 e. The molecular formula is C20H22F3N2O. The van der Waals surface area contributed by atoms with Crippen molar-refractivity contribution in [2.45, 2.75) is 39.0 Å². The van der Waals surface area contributed by atoms with E-state index in [9.17, 15) is 18.3 Å². The maximum absolute atomic E-state index is 13.0. The van der Waals surface area contributed by atoms with Crippen molar-refractivity contribution < 1.29 is 18.3 Å². The van der Waals surface area contributed by atoms with Gasteiger partial charge in [-0.15, -0.1) is 0 Å². The normalized spacial score (nSPS) is 20.4. The van der Waals surface area contributed by atoms with Gasteiger partial charge in [0.25, 0.3) is 0 Å². The zero-order valence-corrected chi connectivity index (χ0v) is 15.1. The Morgan fingerprint density at radius 2 is 1.96 bits per heavy atom. The molecular weight excluding hydrogens is 341 g/mol. The number of pyridine rings is 1. The highest BCUT2D eigenvalue weighted by molar-refractivity contribution is 5.65. The van der Waals surface area contributed by atoms with E-state index in [-0.39, 0.29) is 0 Å². The quantitative estimate of drug-likeness (QED) is 0.851. The predicted molar refractivity (Wildman–Crippen MR) is 95.7 cm³/mol. The van der Waals surface area contributed by atoms with Crippen LogP contribution in [0.3, 0.4) is 0 Å². The number of rotatable bonds is 3. The average Bonchev–Trinajstić information content (AvgIpc) is 2.56. The van der Waals surface area contributed by atoms with E-state index in [2.05, 4.69) is 9.88 Å². The molecule has 1 aromatic heterocycles. The summed E-state index contributed by atoms with van der Waals surface area (Å²) in [5, 5.41) is 10.7. The summed E-state index contributed by atoms with van der Waals surface area (Å²) in [5.41, 5.74) is -0.111. The molecule has 26 heavy (non-hydrogen) atoms. The Kier molecular flexibility index (Phi) is 4.73. The SMILES string of the molecule is C[C](C)CN1CCC(C)(O)c2ccc(-c3cccc(C(F)(F)F)c3)nc21. The summed E-state index contributed by atoms with van der Waals surface area (Å²) in [7, 11) is 0. The van der Waals surface area contributed by atoms with Crippen LogP contribution in [0.2, 0.25) is 0 Å². The van der Waals surface area contributed by atoms with Crippen LogP contribution in [0, 0.1) is 5.92 Å². The van der Waals surface area contributed by atoms with Crippen LogP contribution in [0.5, 0.6) is 0 Å². The van der Waals surface area contributed by atoms with Crippen molar-refractivity contribution in [3.8, 4) is 11.3 Å². The Morgan fingerprint density at radius 1 is 1.23 bits per heavy atom. The lowest BCUT2D eigenvalue weighted by atomic mass is 9.88. The molecule has 0 saturated heterocycles. The van der Waals surface area contributed by atoms with Crippen molar-refractivity contribution in [3.05, 3.63) is 53.4 Å². The van der Waals surface area contributed by atoms with Crippen LogP contribution >= 0.6 is 0 Å². The molecule has 0 saturated carbocycles. The molecule has 0 bridgehead atoms. The third-order valence-electron chi connectivity index (χ3n) is 4.62. The van der Waals surface area contributed by atoms with Crippen molar-refractivity contribution in [1.29, 1.82) is 0 Å². The molecule has 1 N–H and O–H groups in total. The van der Waals surface area contributed by atoms with Crippen molar-refractivity contribution in [2.75, 3.05) is 18.0 Å². The molecule has 6 heteroatoms. The Bertz CT molecular complexity index is 800. The van der Waals surface area contributed by atoms with Crippen molar-refractivity contribution in [2.24, 2.45) is 0 Å². The maximum atomic E-state index is 13.0. The largest absolute Gasteiger partial charge is 0.416 e. The predicted octanol–water partition coefficient (Wildman–Crippen LogP) is 4.80. The van der Waals surface area contributed by atoms with E-state index in [1.54, 1.807) is 25.1 Å². The van der Waals surface area contributed by atoms with Gasteiger partial charge in [0.05, 0.1) is 16.9 Å². The number of aliphatic hydroxyl groups is 1. The topological polar surface area (TPSA) is 36.4 Å². The molecule has 1 aromatic carbocycles. The number of hydrogen-bond acceptors (Lipinski definition) is 3. The van der Waals surface area contributed by atoms with E-state index in [0.717, 1.165) is 12.1 Å². The van der Waals surface area contributed by atoms with Crippen molar-refractivity contribution >= 4 is 5.82 Å². The first-order chi connectivity index (χ1) is 12.1. The van der Waals surface area contributed by atoms with Gasteiger partial charge in [0, 0.05) is 24.2 Å². The van der Waals surface area contributed by atoms with Gasteiger partial charge in [-0.05, 0) is 37.5 Å². The lowest BCUT2D eigenvalue weighted by Crippen LogP contribution is -2.40. The molecule has 0 fully saturated rings. The van der Waals surface area contributed by atoms with Crippen LogP contribution < -0.4 is 4.90 Å². The van der Waals surface area contributed by atoms with Gasteiger partial charge in [-0.2, -0.15) is 13.2 Å². The summed E-state index contributed by atoms with van der Waals surface area (Å²) in [4.78, 5) is 6.69. The summed E-state index contributed by atoms with van der Waals surface area (Å²) in [5.74, 6) is 1.83. The van der Waals surface area contributed by atoms with Crippen LogP contribution in [-0.4, -0.2) is 23.2 Å². The first-order valence-electron chi connectivity index (χ1n) is 8.53. The highest BCUT2D eigenvalue weighted by atomic mass is 19.4. The highest BCUT2D eigenvalue weighted by Gasteiger charge is 2.35. The van der Waals surface area contributed by atoms with E-state index < -0.39 is 17.3 Å². The van der Waals surface area contributed by atoms with Crippen molar-refractivity contribution in [1.82, 2.24) is 4.98 Å². The molecule has 139 valence electrons. The molecule has 1 aliphatic heterocycles. The minimum Gasteiger partial charge on any atom is -0.385 e. The lowest BCUT2D eigenvalue weighted by Gasteiger charge is -2.39. The minimum absolute atomic E-state index is 0.407. The molecule has 0 aliphatic carbocycles. The first-order valence-corrected chi connectivity index (χ1v) is 8.53. The van der Waals surface area contributed by atoms with Gasteiger partial charge in [0.15, 0.2) is 0 Å². The highest BCUT2D eigenvalue weighted by Crippen LogP contribution is 2.39. The number of halogens is 3. The van der Waals surface area contributed by atoms with E-state index in [4.69, 9.17) is 0 Å². The second kappa shape index (κ2) is 6.58. The number of hydrogen-bond donors (Lipinski definition) is 1. The van der Waals surface area contributed by atoms with Crippen LogP contribution in [0.1, 0.15) is 38.3 Å². The Hall–Kier alpha value is -2.08. The fraction of sp³-hybridized carbons (Fsp3) is 0.400.